The predicted molar refractivity (Wildman–Crippen MR) is 87.4 cm³/mol. The first-order valence-electron chi connectivity index (χ1n) is 9.05. The maximum Gasteiger partial charge on any atom is 0.118 e. The molecule has 0 aromatic heterocycles. The molecule has 1 heterocycles. The highest BCUT2D eigenvalue weighted by Crippen LogP contribution is 2.10. The molecule has 4 nitrogen and oxygen atoms in total. The first-order valence-corrected chi connectivity index (χ1v) is 9.05. The van der Waals surface area contributed by atoms with Gasteiger partial charge in [-0.3, -0.25) is 0 Å². The van der Waals surface area contributed by atoms with Crippen molar-refractivity contribution in [3.8, 4) is 0 Å². The Hall–Kier alpha value is -0.160. The van der Waals surface area contributed by atoms with Gasteiger partial charge in [0.15, 0.2) is 0 Å². The van der Waals surface area contributed by atoms with Crippen LogP contribution in [0.1, 0.15) is 64.2 Å². The van der Waals surface area contributed by atoms with Crippen molar-refractivity contribution in [1.29, 1.82) is 0 Å². The lowest BCUT2D eigenvalue weighted by atomic mass is 10.1. The molecule has 2 atom stereocenters. The average Bonchev–Trinajstić information content (AvgIpc) is 2.53. The minimum atomic E-state index is -0.647. The zero-order valence-electron chi connectivity index (χ0n) is 14.1. The van der Waals surface area contributed by atoms with Gasteiger partial charge < -0.3 is 14.2 Å². The molecule has 1 aliphatic rings. The summed E-state index contributed by atoms with van der Waals surface area (Å²) in [6, 6.07) is 0. The molecule has 2 radical (unpaired) electrons. The monoisotopic (exact) mass is 314 g/mol. The van der Waals surface area contributed by atoms with Gasteiger partial charge in [0.25, 0.3) is 0 Å². The third kappa shape index (κ3) is 11.4. The van der Waals surface area contributed by atoms with E-state index >= 15 is 0 Å². The zero-order valence-corrected chi connectivity index (χ0v) is 14.1. The first-order chi connectivity index (χ1) is 10.8. The fourth-order valence-corrected chi connectivity index (χ4v) is 2.57. The largest absolute Gasteiger partial charge is 0.379 e. The SMILES string of the molecule is [CH2]CCCCCCCCCOC1CCOCC([O])CCOC1. The molecule has 0 N–H and O–H groups in total. The second kappa shape index (κ2) is 14.4. The Morgan fingerprint density at radius 1 is 0.864 bits per heavy atom. The highest BCUT2D eigenvalue weighted by molar-refractivity contribution is 4.61. The van der Waals surface area contributed by atoms with Crippen molar-refractivity contribution < 1.29 is 19.3 Å². The molecule has 2 unspecified atom stereocenters. The maximum absolute atomic E-state index is 11.4. The van der Waals surface area contributed by atoms with Crippen molar-refractivity contribution in [3.05, 3.63) is 6.92 Å². The van der Waals surface area contributed by atoms with Crippen LogP contribution in [-0.4, -0.2) is 45.2 Å². The van der Waals surface area contributed by atoms with Gasteiger partial charge in [0, 0.05) is 26.2 Å². The fourth-order valence-electron chi connectivity index (χ4n) is 2.57. The van der Waals surface area contributed by atoms with Crippen molar-refractivity contribution in [2.24, 2.45) is 0 Å². The number of hydrogen-bond acceptors (Lipinski definition) is 3. The van der Waals surface area contributed by atoms with Crippen molar-refractivity contribution in [3.63, 3.8) is 0 Å². The van der Waals surface area contributed by atoms with Gasteiger partial charge in [0.1, 0.15) is 6.10 Å². The molecule has 130 valence electrons. The Morgan fingerprint density at radius 3 is 2.27 bits per heavy atom. The second-order valence-electron chi connectivity index (χ2n) is 6.17. The van der Waals surface area contributed by atoms with Gasteiger partial charge in [-0.1, -0.05) is 51.9 Å². The van der Waals surface area contributed by atoms with Crippen LogP contribution in [0.5, 0.6) is 0 Å². The van der Waals surface area contributed by atoms with E-state index in [1.807, 2.05) is 0 Å². The first kappa shape index (κ1) is 19.9. The van der Waals surface area contributed by atoms with E-state index in [0.717, 1.165) is 25.9 Å². The summed E-state index contributed by atoms with van der Waals surface area (Å²) in [6.07, 6.45) is 10.8. The maximum atomic E-state index is 11.4. The summed E-state index contributed by atoms with van der Waals surface area (Å²) in [4.78, 5) is 0. The van der Waals surface area contributed by atoms with Gasteiger partial charge in [-0.25, -0.2) is 5.11 Å². The highest BCUT2D eigenvalue weighted by Gasteiger charge is 2.14. The van der Waals surface area contributed by atoms with Gasteiger partial charge in [-0.15, -0.1) is 0 Å². The van der Waals surface area contributed by atoms with Gasteiger partial charge in [-0.05, 0) is 12.8 Å². The van der Waals surface area contributed by atoms with Crippen molar-refractivity contribution in [2.75, 3.05) is 33.0 Å². The smallest absolute Gasteiger partial charge is 0.118 e. The third-order valence-electron chi connectivity index (χ3n) is 4.02. The fraction of sp³-hybridized carbons (Fsp3) is 0.944. The van der Waals surface area contributed by atoms with E-state index in [2.05, 4.69) is 6.92 Å². The van der Waals surface area contributed by atoms with Crippen LogP contribution in [-0.2, 0) is 19.3 Å². The predicted octanol–water partition coefficient (Wildman–Crippen LogP) is 3.95. The third-order valence-corrected chi connectivity index (χ3v) is 4.02. The van der Waals surface area contributed by atoms with Crippen LogP contribution in [0, 0.1) is 6.92 Å². The molecule has 1 fully saturated rings. The Bertz CT molecular complexity index is 223. The molecule has 22 heavy (non-hydrogen) atoms. The van der Waals surface area contributed by atoms with Crippen LogP contribution < -0.4 is 0 Å². The Kier molecular flexibility index (Phi) is 13.0. The molecule has 0 saturated carbocycles. The lowest BCUT2D eigenvalue weighted by Crippen LogP contribution is -2.27. The zero-order chi connectivity index (χ0) is 15.9. The minimum Gasteiger partial charge on any atom is -0.379 e. The number of hydrogen-bond donors (Lipinski definition) is 0. The van der Waals surface area contributed by atoms with Crippen LogP contribution in [0.15, 0.2) is 0 Å². The normalized spacial score (nSPS) is 24.3. The van der Waals surface area contributed by atoms with E-state index in [4.69, 9.17) is 14.2 Å². The quantitative estimate of drug-likeness (QED) is 0.574. The molecule has 0 aromatic carbocycles. The average molecular weight is 314 g/mol. The van der Waals surface area contributed by atoms with E-state index in [1.54, 1.807) is 0 Å². The number of ether oxygens (including phenoxy) is 3. The van der Waals surface area contributed by atoms with Crippen LogP contribution in [0.25, 0.3) is 0 Å². The molecule has 4 heteroatoms. The van der Waals surface area contributed by atoms with Crippen LogP contribution in [0.4, 0.5) is 0 Å². The lowest BCUT2D eigenvalue weighted by molar-refractivity contribution is -0.0738. The number of unbranched alkanes of at least 4 members (excludes halogenated alkanes) is 7. The number of rotatable bonds is 10. The topological polar surface area (TPSA) is 47.6 Å². The molecule has 1 aliphatic heterocycles. The molecule has 0 aliphatic carbocycles. The Morgan fingerprint density at radius 2 is 1.50 bits per heavy atom. The Labute approximate surface area is 136 Å². The second-order valence-corrected chi connectivity index (χ2v) is 6.17. The molecular weight excluding hydrogens is 280 g/mol. The van der Waals surface area contributed by atoms with Crippen LogP contribution in [0.3, 0.4) is 0 Å². The van der Waals surface area contributed by atoms with Gasteiger partial charge in [0.2, 0.25) is 0 Å². The summed E-state index contributed by atoms with van der Waals surface area (Å²) in [7, 11) is 0. The van der Waals surface area contributed by atoms with Gasteiger partial charge in [-0.2, -0.15) is 0 Å². The summed E-state index contributed by atoms with van der Waals surface area (Å²) in [5.41, 5.74) is 0. The summed E-state index contributed by atoms with van der Waals surface area (Å²) in [5.74, 6) is 0. The van der Waals surface area contributed by atoms with Crippen molar-refractivity contribution in [1.82, 2.24) is 0 Å². The standard InChI is InChI=1S/C18H34O4/c1-2-3-4-5-6-7-8-9-12-22-18-11-14-20-15-17(19)10-13-21-16-18/h17-18H,1-16H2. The Balaban J connectivity index is 1.96. The van der Waals surface area contributed by atoms with Crippen molar-refractivity contribution >= 4 is 0 Å². The molecule has 0 aromatic rings. The van der Waals surface area contributed by atoms with E-state index < -0.39 is 6.10 Å². The lowest BCUT2D eigenvalue weighted by Gasteiger charge is -2.20. The summed E-state index contributed by atoms with van der Waals surface area (Å²) in [5, 5.41) is 11.4. The van der Waals surface area contributed by atoms with E-state index in [-0.39, 0.29) is 6.10 Å². The summed E-state index contributed by atoms with van der Waals surface area (Å²) < 4.78 is 16.8. The summed E-state index contributed by atoms with van der Waals surface area (Å²) in [6.45, 7) is 6.66. The van der Waals surface area contributed by atoms with Gasteiger partial charge >= 0.3 is 0 Å². The van der Waals surface area contributed by atoms with Crippen LogP contribution in [0.2, 0.25) is 0 Å². The highest BCUT2D eigenvalue weighted by atomic mass is 16.5. The molecule has 1 saturated heterocycles. The summed E-state index contributed by atoms with van der Waals surface area (Å²) >= 11 is 0. The van der Waals surface area contributed by atoms with E-state index in [9.17, 15) is 5.11 Å². The van der Waals surface area contributed by atoms with Crippen molar-refractivity contribution in [2.45, 2.75) is 76.4 Å². The molecule has 0 spiro atoms. The molecule has 0 amide bonds. The van der Waals surface area contributed by atoms with E-state index in [1.165, 1.54) is 38.5 Å². The minimum absolute atomic E-state index is 0.111. The van der Waals surface area contributed by atoms with Crippen LogP contribution >= 0.6 is 0 Å². The molecule has 1 rings (SSSR count). The molecule has 0 bridgehead atoms. The van der Waals surface area contributed by atoms with E-state index in [0.29, 0.717) is 32.8 Å². The van der Waals surface area contributed by atoms with Gasteiger partial charge in [0.05, 0.1) is 19.3 Å². The molecular formula is C18H34O4.